The summed E-state index contributed by atoms with van der Waals surface area (Å²) in [5, 5.41) is 8.43. The Kier molecular flexibility index (Phi) is 2.39. The van der Waals surface area contributed by atoms with E-state index in [-0.39, 0.29) is 6.42 Å². The third-order valence-corrected chi connectivity index (χ3v) is 2.32. The number of aryl methyl sites for hydroxylation is 1. The summed E-state index contributed by atoms with van der Waals surface area (Å²) in [6, 6.07) is 7.63. The number of hydrogen-bond donors (Lipinski definition) is 2. The molecule has 1 amide bonds. The lowest BCUT2D eigenvalue weighted by molar-refractivity contribution is -0.128. The maximum atomic E-state index is 11.0. The molecule has 5 heteroatoms. The third kappa shape index (κ3) is 1.69. The highest BCUT2D eigenvalue weighted by molar-refractivity contribution is 5.80. The van der Waals surface area contributed by atoms with E-state index in [1.807, 2.05) is 35.9 Å². The van der Waals surface area contributed by atoms with Crippen molar-refractivity contribution in [3.05, 3.63) is 30.1 Å². The van der Waals surface area contributed by atoms with Crippen molar-refractivity contribution in [2.45, 2.75) is 6.42 Å². The Morgan fingerprint density at radius 3 is 2.93 bits per heavy atom. The highest BCUT2D eigenvalue weighted by Gasteiger charge is 2.10. The molecular weight excluding hydrogens is 194 g/mol. The molecule has 1 aromatic heterocycles. The molecule has 0 aliphatic heterocycles. The summed E-state index contributed by atoms with van der Waals surface area (Å²) >= 11 is 0. The van der Waals surface area contributed by atoms with Crippen LogP contribution in [0.5, 0.6) is 0 Å². The van der Waals surface area contributed by atoms with Gasteiger partial charge in [-0.15, -0.1) is 0 Å². The van der Waals surface area contributed by atoms with Crippen LogP contribution in [0, 0.1) is 0 Å². The predicted octanol–water partition coefficient (Wildman–Crippen LogP) is 0.621. The van der Waals surface area contributed by atoms with E-state index in [9.17, 15) is 4.79 Å². The first-order chi connectivity index (χ1) is 7.22. The van der Waals surface area contributed by atoms with Crippen LogP contribution < -0.4 is 5.48 Å². The van der Waals surface area contributed by atoms with Crippen molar-refractivity contribution in [1.29, 1.82) is 0 Å². The Morgan fingerprint density at radius 2 is 2.27 bits per heavy atom. The average molecular weight is 205 g/mol. The monoisotopic (exact) mass is 205 g/mol. The number of rotatable bonds is 2. The van der Waals surface area contributed by atoms with Gasteiger partial charge in [0, 0.05) is 7.05 Å². The fourth-order valence-corrected chi connectivity index (χ4v) is 1.54. The summed E-state index contributed by atoms with van der Waals surface area (Å²) in [7, 11) is 1.84. The third-order valence-electron chi connectivity index (χ3n) is 2.32. The molecular formula is C10H11N3O2. The normalized spacial score (nSPS) is 10.5. The predicted molar refractivity (Wildman–Crippen MR) is 54.3 cm³/mol. The summed E-state index contributed by atoms with van der Waals surface area (Å²) < 4.78 is 1.84. The van der Waals surface area contributed by atoms with E-state index in [1.165, 1.54) is 0 Å². The van der Waals surface area contributed by atoms with E-state index in [0.717, 1.165) is 11.0 Å². The van der Waals surface area contributed by atoms with Crippen molar-refractivity contribution in [3.63, 3.8) is 0 Å². The molecule has 2 aromatic rings. The van der Waals surface area contributed by atoms with Crippen molar-refractivity contribution in [2.75, 3.05) is 0 Å². The minimum Gasteiger partial charge on any atom is -0.331 e. The van der Waals surface area contributed by atoms with Crippen molar-refractivity contribution in [1.82, 2.24) is 15.0 Å². The summed E-state index contributed by atoms with van der Waals surface area (Å²) in [5.74, 6) is 0.163. The van der Waals surface area contributed by atoms with Crippen LogP contribution in [0.4, 0.5) is 0 Å². The minimum atomic E-state index is -0.464. The van der Waals surface area contributed by atoms with Gasteiger partial charge in [0.2, 0.25) is 0 Å². The number of benzene rings is 1. The molecule has 2 N–H and O–H groups in total. The Balaban J connectivity index is 2.44. The molecule has 1 heterocycles. The SMILES string of the molecule is Cn1c(CC(=O)NO)nc2ccccc21. The molecule has 2 rings (SSSR count). The summed E-state index contributed by atoms with van der Waals surface area (Å²) in [5.41, 5.74) is 3.41. The van der Waals surface area contributed by atoms with Gasteiger partial charge in [0.1, 0.15) is 5.82 Å². The van der Waals surface area contributed by atoms with E-state index in [4.69, 9.17) is 5.21 Å². The van der Waals surface area contributed by atoms with Gasteiger partial charge in [0.05, 0.1) is 17.5 Å². The molecule has 0 spiro atoms. The number of hydroxylamine groups is 1. The second-order valence-corrected chi connectivity index (χ2v) is 3.29. The number of hydrogen-bond acceptors (Lipinski definition) is 3. The van der Waals surface area contributed by atoms with E-state index < -0.39 is 5.91 Å². The first-order valence-electron chi connectivity index (χ1n) is 4.55. The molecule has 0 aliphatic carbocycles. The van der Waals surface area contributed by atoms with Gasteiger partial charge in [-0.3, -0.25) is 10.0 Å². The van der Waals surface area contributed by atoms with Crippen molar-refractivity contribution in [2.24, 2.45) is 7.05 Å². The zero-order valence-corrected chi connectivity index (χ0v) is 8.27. The van der Waals surface area contributed by atoms with E-state index >= 15 is 0 Å². The minimum absolute atomic E-state index is 0.0711. The fraction of sp³-hybridized carbons (Fsp3) is 0.200. The van der Waals surface area contributed by atoms with Crippen LogP contribution in [0.25, 0.3) is 11.0 Å². The lowest BCUT2D eigenvalue weighted by atomic mass is 10.3. The molecule has 0 saturated carbocycles. The van der Waals surface area contributed by atoms with E-state index in [2.05, 4.69) is 4.98 Å². The number of para-hydroxylation sites is 2. The van der Waals surface area contributed by atoms with Crippen LogP contribution in [-0.4, -0.2) is 20.7 Å². The van der Waals surface area contributed by atoms with Gasteiger partial charge >= 0.3 is 0 Å². The largest absolute Gasteiger partial charge is 0.331 e. The maximum absolute atomic E-state index is 11.0. The fourth-order valence-electron chi connectivity index (χ4n) is 1.54. The molecule has 0 saturated heterocycles. The molecule has 5 nitrogen and oxygen atoms in total. The van der Waals surface area contributed by atoms with Gasteiger partial charge in [-0.2, -0.15) is 0 Å². The van der Waals surface area contributed by atoms with Crippen LogP contribution in [0.1, 0.15) is 5.82 Å². The van der Waals surface area contributed by atoms with E-state index in [0.29, 0.717) is 5.82 Å². The highest BCUT2D eigenvalue weighted by atomic mass is 16.5. The number of imidazole rings is 1. The number of nitrogens with zero attached hydrogens (tertiary/aromatic N) is 2. The molecule has 0 aliphatic rings. The average Bonchev–Trinajstić information content (AvgIpc) is 2.57. The van der Waals surface area contributed by atoms with Crippen LogP contribution >= 0.6 is 0 Å². The number of carbonyl (C=O) groups excluding carboxylic acids is 1. The Labute approximate surface area is 86.3 Å². The van der Waals surface area contributed by atoms with Crippen LogP contribution in [0.2, 0.25) is 0 Å². The van der Waals surface area contributed by atoms with Crippen LogP contribution in [-0.2, 0) is 18.3 Å². The number of amides is 1. The van der Waals surface area contributed by atoms with Gasteiger partial charge in [-0.1, -0.05) is 12.1 Å². The smallest absolute Gasteiger partial charge is 0.250 e. The van der Waals surface area contributed by atoms with Crippen molar-refractivity contribution < 1.29 is 10.0 Å². The van der Waals surface area contributed by atoms with Crippen LogP contribution in [0.15, 0.2) is 24.3 Å². The maximum Gasteiger partial charge on any atom is 0.250 e. The van der Waals surface area contributed by atoms with Gasteiger partial charge in [-0.05, 0) is 12.1 Å². The summed E-state index contributed by atoms with van der Waals surface area (Å²) in [4.78, 5) is 15.3. The number of aromatic nitrogens is 2. The van der Waals surface area contributed by atoms with Gasteiger partial charge in [-0.25, -0.2) is 10.5 Å². The quantitative estimate of drug-likeness (QED) is 0.558. The first-order valence-corrected chi connectivity index (χ1v) is 4.55. The second-order valence-electron chi connectivity index (χ2n) is 3.29. The molecule has 15 heavy (non-hydrogen) atoms. The molecule has 0 fully saturated rings. The molecule has 1 aromatic carbocycles. The molecule has 0 unspecified atom stereocenters. The number of fused-ring (bicyclic) bond motifs is 1. The zero-order valence-electron chi connectivity index (χ0n) is 8.27. The number of carbonyl (C=O) groups is 1. The Morgan fingerprint density at radius 1 is 1.53 bits per heavy atom. The van der Waals surface area contributed by atoms with Gasteiger partial charge in [0.15, 0.2) is 0 Å². The van der Waals surface area contributed by atoms with Crippen molar-refractivity contribution in [3.8, 4) is 0 Å². The highest BCUT2D eigenvalue weighted by Crippen LogP contribution is 2.14. The standard InChI is InChI=1S/C10H11N3O2/c1-13-8-5-3-2-4-7(8)11-9(13)6-10(14)12-15/h2-5,15H,6H2,1H3,(H,12,14). The Bertz CT molecular complexity index is 504. The Hall–Kier alpha value is -1.88. The topological polar surface area (TPSA) is 67.2 Å². The lowest BCUT2D eigenvalue weighted by Crippen LogP contribution is -2.22. The molecule has 0 atom stereocenters. The molecule has 0 bridgehead atoms. The zero-order chi connectivity index (χ0) is 10.8. The van der Waals surface area contributed by atoms with Crippen molar-refractivity contribution >= 4 is 16.9 Å². The summed E-state index contributed by atoms with van der Waals surface area (Å²) in [6.07, 6.45) is 0.0711. The second kappa shape index (κ2) is 3.70. The van der Waals surface area contributed by atoms with Gasteiger partial charge in [0.25, 0.3) is 5.91 Å². The van der Waals surface area contributed by atoms with Crippen LogP contribution in [0.3, 0.4) is 0 Å². The lowest BCUT2D eigenvalue weighted by Gasteiger charge is -2.00. The van der Waals surface area contributed by atoms with Gasteiger partial charge < -0.3 is 4.57 Å². The van der Waals surface area contributed by atoms with E-state index in [1.54, 1.807) is 5.48 Å². The first kappa shape index (κ1) is 9.67. The molecule has 78 valence electrons. The number of nitrogens with one attached hydrogen (secondary N) is 1. The summed E-state index contributed by atoms with van der Waals surface area (Å²) in [6.45, 7) is 0. The molecule has 0 radical (unpaired) electrons.